The Morgan fingerprint density at radius 2 is 2.11 bits per heavy atom. The highest BCUT2D eigenvalue weighted by molar-refractivity contribution is 5.68. The second-order valence-electron chi connectivity index (χ2n) is 7.71. The molecule has 2 aromatic heterocycles. The van der Waals surface area contributed by atoms with Crippen LogP contribution in [0.5, 0.6) is 0 Å². The second kappa shape index (κ2) is 7.51. The molecule has 0 saturated carbocycles. The van der Waals surface area contributed by atoms with Crippen LogP contribution in [0.1, 0.15) is 27.7 Å². The first-order valence-electron chi connectivity index (χ1n) is 8.93. The monoisotopic (exact) mass is 374 g/mol. The van der Waals surface area contributed by atoms with Crippen molar-refractivity contribution in [1.82, 2.24) is 24.6 Å². The van der Waals surface area contributed by atoms with E-state index in [-0.39, 0.29) is 18.2 Å². The number of nitrogens with two attached hydrogens (primary N) is 1. The fourth-order valence-electron chi connectivity index (χ4n) is 2.79. The summed E-state index contributed by atoms with van der Waals surface area (Å²) in [6.07, 6.45) is 6.23. The highest BCUT2D eigenvalue weighted by Crippen LogP contribution is 2.19. The Labute approximate surface area is 158 Å². The van der Waals surface area contributed by atoms with Crippen LogP contribution in [-0.4, -0.2) is 61.6 Å². The summed E-state index contributed by atoms with van der Waals surface area (Å²) in [4.78, 5) is 22.4. The summed E-state index contributed by atoms with van der Waals surface area (Å²) in [5, 5.41) is 4.36. The molecule has 3 rings (SSSR count). The van der Waals surface area contributed by atoms with Crippen LogP contribution in [0, 0.1) is 0 Å². The van der Waals surface area contributed by atoms with E-state index in [1.165, 1.54) is 6.20 Å². The van der Waals surface area contributed by atoms with Crippen LogP contribution < -0.4 is 5.73 Å². The molecule has 2 unspecified atom stereocenters. The van der Waals surface area contributed by atoms with Crippen molar-refractivity contribution in [3.63, 3.8) is 0 Å². The maximum Gasteiger partial charge on any atom is 0.410 e. The molecule has 9 nitrogen and oxygen atoms in total. The Morgan fingerprint density at radius 3 is 2.78 bits per heavy atom. The molecule has 0 aliphatic carbocycles. The number of aromatic nitrogens is 4. The second-order valence-corrected chi connectivity index (χ2v) is 7.71. The summed E-state index contributed by atoms with van der Waals surface area (Å²) in [7, 11) is 0. The number of anilines is 1. The van der Waals surface area contributed by atoms with E-state index in [1.807, 2.05) is 33.9 Å². The van der Waals surface area contributed by atoms with Crippen LogP contribution >= 0.6 is 0 Å². The molecule has 1 aliphatic heterocycles. The lowest BCUT2D eigenvalue weighted by Gasteiger charge is -2.38. The molecule has 0 radical (unpaired) electrons. The van der Waals surface area contributed by atoms with Crippen molar-refractivity contribution in [3.05, 3.63) is 24.8 Å². The summed E-state index contributed by atoms with van der Waals surface area (Å²) >= 11 is 0. The van der Waals surface area contributed by atoms with E-state index in [9.17, 15) is 4.79 Å². The van der Waals surface area contributed by atoms with Crippen molar-refractivity contribution in [2.45, 2.75) is 52.0 Å². The van der Waals surface area contributed by atoms with Crippen LogP contribution in [-0.2, 0) is 16.0 Å². The van der Waals surface area contributed by atoms with Crippen molar-refractivity contribution in [3.8, 4) is 11.3 Å². The number of carbonyl (C=O) groups is 1. The van der Waals surface area contributed by atoms with Gasteiger partial charge in [0.05, 0.1) is 56.1 Å². The lowest BCUT2D eigenvalue weighted by molar-refractivity contribution is -0.0711. The number of amides is 1. The minimum Gasteiger partial charge on any atom is -0.444 e. The lowest BCUT2D eigenvalue weighted by Crippen LogP contribution is -2.53. The maximum absolute atomic E-state index is 12.4. The first-order valence-corrected chi connectivity index (χ1v) is 8.93. The summed E-state index contributed by atoms with van der Waals surface area (Å²) in [5.74, 6) is 0.373. The van der Waals surface area contributed by atoms with E-state index in [4.69, 9.17) is 15.2 Å². The van der Waals surface area contributed by atoms with Crippen LogP contribution in [0.25, 0.3) is 11.3 Å². The van der Waals surface area contributed by atoms with Gasteiger partial charge >= 0.3 is 6.09 Å². The highest BCUT2D eigenvalue weighted by Gasteiger charge is 2.33. The number of morpholine rings is 1. The van der Waals surface area contributed by atoms with Gasteiger partial charge in [0.25, 0.3) is 0 Å². The Hall–Kier alpha value is -2.68. The number of rotatable bonds is 3. The summed E-state index contributed by atoms with van der Waals surface area (Å²) in [5.41, 5.74) is 6.58. The maximum atomic E-state index is 12.4. The topological polar surface area (TPSA) is 108 Å². The Morgan fingerprint density at radius 1 is 1.33 bits per heavy atom. The van der Waals surface area contributed by atoms with Gasteiger partial charge in [0.1, 0.15) is 11.4 Å². The van der Waals surface area contributed by atoms with Crippen molar-refractivity contribution >= 4 is 11.9 Å². The molecule has 2 atom stereocenters. The van der Waals surface area contributed by atoms with Gasteiger partial charge in [-0.25, -0.2) is 9.78 Å². The predicted molar refractivity (Wildman–Crippen MR) is 99.8 cm³/mol. The first kappa shape index (κ1) is 19.1. The molecule has 1 saturated heterocycles. The van der Waals surface area contributed by atoms with Crippen LogP contribution in [0.2, 0.25) is 0 Å². The number of nitrogen functional groups attached to an aromatic ring is 1. The molecular formula is C18H26N6O3. The van der Waals surface area contributed by atoms with Crippen molar-refractivity contribution in [2.24, 2.45) is 0 Å². The summed E-state index contributed by atoms with van der Waals surface area (Å²) in [6.45, 7) is 8.96. The SMILES string of the molecule is CC1COC(Cn2cc(-c3cnc(N)cn3)cn2)CN1C(=O)OC(C)(C)C. The smallest absolute Gasteiger partial charge is 0.410 e. The fourth-order valence-corrected chi connectivity index (χ4v) is 2.79. The molecule has 0 bridgehead atoms. The third-order valence-corrected chi connectivity index (χ3v) is 4.13. The molecule has 2 N–H and O–H groups in total. The minimum atomic E-state index is -0.526. The van der Waals surface area contributed by atoms with E-state index >= 15 is 0 Å². The van der Waals surface area contributed by atoms with E-state index in [0.717, 1.165) is 5.56 Å². The van der Waals surface area contributed by atoms with Crippen LogP contribution in [0.4, 0.5) is 10.6 Å². The van der Waals surface area contributed by atoms with Crippen molar-refractivity contribution in [2.75, 3.05) is 18.9 Å². The van der Waals surface area contributed by atoms with Gasteiger partial charge in [0, 0.05) is 11.8 Å². The van der Waals surface area contributed by atoms with Crippen LogP contribution in [0.15, 0.2) is 24.8 Å². The molecule has 146 valence electrons. The quantitative estimate of drug-likeness (QED) is 0.874. The van der Waals surface area contributed by atoms with Gasteiger partial charge in [0.15, 0.2) is 0 Å². The van der Waals surface area contributed by atoms with Crippen molar-refractivity contribution in [1.29, 1.82) is 0 Å². The Balaban J connectivity index is 1.64. The molecule has 1 aliphatic rings. The number of ether oxygens (including phenoxy) is 2. The molecule has 0 aromatic carbocycles. The molecule has 1 fully saturated rings. The average Bonchev–Trinajstić information content (AvgIpc) is 3.04. The van der Waals surface area contributed by atoms with E-state index in [0.29, 0.717) is 31.2 Å². The van der Waals surface area contributed by atoms with Gasteiger partial charge in [0.2, 0.25) is 0 Å². The molecule has 0 spiro atoms. The van der Waals surface area contributed by atoms with E-state index < -0.39 is 5.60 Å². The van der Waals surface area contributed by atoms with E-state index in [1.54, 1.807) is 22.0 Å². The van der Waals surface area contributed by atoms with Gasteiger partial charge in [-0.15, -0.1) is 0 Å². The third kappa shape index (κ3) is 4.94. The van der Waals surface area contributed by atoms with Crippen molar-refractivity contribution < 1.29 is 14.3 Å². The molecular weight excluding hydrogens is 348 g/mol. The predicted octanol–water partition coefficient (Wildman–Crippen LogP) is 1.95. The Bertz CT molecular complexity index is 783. The van der Waals surface area contributed by atoms with Gasteiger partial charge in [-0.3, -0.25) is 9.67 Å². The molecule has 1 amide bonds. The fraction of sp³-hybridized carbons (Fsp3) is 0.556. The number of hydrogen-bond acceptors (Lipinski definition) is 7. The molecule has 2 aromatic rings. The highest BCUT2D eigenvalue weighted by atomic mass is 16.6. The lowest BCUT2D eigenvalue weighted by atomic mass is 10.2. The average molecular weight is 374 g/mol. The molecule has 3 heterocycles. The zero-order valence-electron chi connectivity index (χ0n) is 16.1. The van der Waals surface area contributed by atoms with Gasteiger partial charge in [-0.1, -0.05) is 0 Å². The number of hydrogen-bond donors (Lipinski definition) is 1. The third-order valence-electron chi connectivity index (χ3n) is 4.13. The van der Waals surface area contributed by atoms with Gasteiger partial charge < -0.3 is 20.1 Å². The van der Waals surface area contributed by atoms with Crippen LogP contribution in [0.3, 0.4) is 0 Å². The Kier molecular flexibility index (Phi) is 5.31. The van der Waals surface area contributed by atoms with Gasteiger partial charge in [-0.2, -0.15) is 5.10 Å². The zero-order chi connectivity index (χ0) is 19.6. The van der Waals surface area contributed by atoms with E-state index in [2.05, 4.69) is 15.1 Å². The summed E-state index contributed by atoms with van der Waals surface area (Å²) in [6, 6.07) is -0.0330. The number of nitrogens with zero attached hydrogens (tertiary/aromatic N) is 5. The van der Waals surface area contributed by atoms with Gasteiger partial charge in [-0.05, 0) is 27.7 Å². The first-order chi connectivity index (χ1) is 12.7. The molecule has 9 heteroatoms. The largest absolute Gasteiger partial charge is 0.444 e. The molecule has 27 heavy (non-hydrogen) atoms. The minimum absolute atomic E-state index is 0.0330. The standard InChI is InChI=1S/C18H26N6O3/c1-12-11-26-14(10-24(12)17(25)27-18(2,3)4)9-23-8-13(5-22-23)15-6-21-16(19)7-20-15/h5-8,12,14H,9-11H2,1-4H3,(H2,19,21). The normalized spacial score (nSPS) is 20.5. The summed E-state index contributed by atoms with van der Waals surface area (Å²) < 4.78 is 13.2. The zero-order valence-corrected chi connectivity index (χ0v) is 16.1. The number of carbonyl (C=O) groups excluding carboxylic acids is 1.